The Morgan fingerprint density at radius 3 is 2.56 bits per heavy atom. The van der Waals surface area contributed by atoms with Crippen LogP contribution in [-0.2, 0) is 24.0 Å². The lowest BCUT2D eigenvalue weighted by molar-refractivity contribution is 0.120. The van der Waals surface area contributed by atoms with Crippen LogP contribution >= 0.6 is 11.6 Å². The molecule has 3 aromatic rings. The quantitative estimate of drug-likeness (QED) is 0.518. The van der Waals surface area contributed by atoms with Gasteiger partial charge in [0.1, 0.15) is 0 Å². The lowest BCUT2D eigenvalue weighted by atomic mass is 10.0. The number of amides is 1. The lowest BCUT2D eigenvalue weighted by Crippen LogP contribution is -2.41. The molecule has 0 radical (unpaired) electrons. The second kappa shape index (κ2) is 8.99. The van der Waals surface area contributed by atoms with E-state index in [9.17, 15) is 4.79 Å². The van der Waals surface area contributed by atoms with Crippen molar-refractivity contribution in [1.29, 1.82) is 0 Å². The summed E-state index contributed by atoms with van der Waals surface area (Å²) in [5.41, 5.74) is 6.52. The first-order valence-corrected chi connectivity index (χ1v) is 11.5. The van der Waals surface area contributed by atoms with Crippen molar-refractivity contribution < 1.29 is 9.53 Å². The molecule has 32 heavy (non-hydrogen) atoms. The van der Waals surface area contributed by atoms with Crippen LogP contribution < -0.4 is 5.32 Å². The molecule has 1 aliphatic rings. The van der Waals surface area contributed by atoms with Gasteiger partial charge in [0.2, 0.25) is 0 Å². The molecule has 0 spiro atoms. The van der Waals surface area contributed by atoms with Gasteiger partial charge in [-0.2, -0.15) is 5.10 Å². The summed E-state index contributed by atoms with van der Waals surface area (Å²) < 4.78 is 7.59. The van der Waals surface area contributed by atoms with Gasteiger partial charge in [-0.1, -0.05) is 48.9 Å². The van der Waals surface area contributed by atoms with Gasteiger partial charge in [-0.15, -0.1) is 0 Å². The van der Waals surface area contributed by atoms with E-state index in [1.165, 1.54) is 11.1 Å². The van der Waals surface area contributed by atoms with Crippen molar-refractivity contribution in [1.82, 2.24) is 15.1 Å². The van der Waals surface area contributed by atoms with Gasteiger partial charge in [0.15, 0.2) is 0 Å². The predicted molar refractivity (Wildman–Crippen MR) is 129 cm³/mol. The number of hydrogen-bond donors (Lipinski definition) is 1. The Kier molecular flexibility index (Phi) is 6.29. The molecule has 0 saturated heterocycles. The van der Waals surface area contributed by atoms with Gasteiger partial charge in [-0.05, 0) is 63.8 Å². The zero-order valence-corrected chi connectivity index (χ0v) is 19.9. The first-order valence-electron chi connectivity index (χ1n) is 11.1. The number of ether oxygens (including phenoxy) is 1. The summed E-state index contributed by atoms with van der Waals surface area (Å²) in [7, 11) is 0. The van der Waals surface area contributed by atoms with Gasteiger partial charge < -0.3 is 10.1 Å². The average molecular weight is 452 g/mol. The number of para-hydroxylation sites is 1. The lowest BCUT2D eigenvalue weighted by Gasteiger charge is -2.21. The van der Waals surface area contributed by atoms with Crippen molar-refractivity contribution in [3.8, 4) is 16.9 Å². The van der Waals surface area contributed by atoms with E-state index >= 15 is 0 Å². The Hall–Kier alpha value is -2.79. The summed E-state index contributed by atoms with van der Waals surface area (Å²) in [5, 5.41) is 8.59. The van der Waals surface area contributed by atoms with Gasteiger partial charge >= 0.3 is 6.09 Å². The monoisotopic (exact) mass is 451 g/mol. The van der Waals surface area contributed by atoms with E-state index < -0.39 is 0 Å². The Balaban J connectivity index is 1.64. The van der Waals surface area contributed by atoms with Crippen molar-refractivity contribution in [2.24, 2.45) is 5.92 Å². The van der Waals surface area contributed by atoms with E-state index in [-0.39, 0.29) is 17.6 Å². The smallest absolute Gasteiger partial charge is 0.407 e. The third-order valence-electron chi connectivity index (χ3n) is 5.69. The number of nitrogens with one attached hydrogen (secondary N) is 1. The van der Waals surface area contributed by atoms with Crippen molar-refractivity contribution in [2.45, 2.75) is 52.5 Å². The standard InChI is InChI=1S/C26H30ClN3O2/c1-5-18-8-6-7-9-23(18)30-24(19-10-12-20(27)13-11-19)21-14-17(15-22(21)29-30)16-32-25(31)28-26(2,3)4/h6-13,17H,5,14-16H2,1-4H3,(H,28,31). The summed E-state index contributed by atoms with van der Waals surface area (Å²) >= 11 is 6.16. The maximum absolute atomic E-state index is 12.1. The fraction of sp³-hybridized carbons (Fsp3) is 0.385. The number of carbonyl (C=O) groups excluding carboxylic acids is 1. The molecule has 0 aliphatic heterocycles. The molecular weight excluding hydrogens is 422 g/mol. The SMILES string of the molecule is CCc1ccccc1-n1nc2c(c1-c1ccc(Cl)cc1)CC(COC(=O)NC(C)(C)C)C2. The number of carbonyl (C=O) groups is 1. The van der Waals surface area contributed by atoms with E-state index in [4.69, 9.17) is 21.4 Å². The molecule has 1 atom stereocenters. The first kappa shape index (κ1) is 22.4. The molecule has 6 heteroatoms. The normalized spacial score (nSPS) is 15.5. The highest BCUT2D eigenvalue weighted by atomic mass is 35.5. The van der Waals surface area contributed by atoms with E-state index in [2.05, 4.69) is 41.2 Å². The number of nitrogens with zero attached hydrogens (tertiary/aromatic N) is 2. The maximum atomic E-state index is 12.1. The third kappa shape index (κ3) is 4.83. The van der Waals surface area contributed by atoms with Crippen LogP contribution in [0.25, 0.3) is 16.9 Å². The molecule has 0 saturated carbocycles. The van der Waals surface area contributed by atoms with Crippen LogP contribution in [0.3, 0.4) is 0 Å². The number of halogens is 1. The Labute approximate surface area is 194 Å². The average Bonchev–Trinajstić information content (AvgIpc) is 3.29. The van der Waals surface area contributed by atoms with Crippen LogP contribution in [0.1, 0.15) is 44.5 Å². The number of hydrogen-bond acceptors (Lipinski definition) is 3. The molecule has 2 aromatic carbocycles. The minimum Gasteiger partial charge on any atom is -0.449 e. The highest BCUT2D eigenvalue weighted by Gasteiger charge is 2.31. The number of aromatic nitrogens is 2. The minimum atomic E-state index is -0.373. The third-order valence-corrected chi connectivity index (χ3v) is 5.94. The zero-order chi connectivity index (χ0) is 22.9. The summed E-state index contributed by atoms with van der Waals surface area (Å²) in [6.45, 7) is 8.36. The minimum absolute atomic E-state index is 0.223. The molecule has 0 bridgehead atoms. The van der Waals surface area contributed by atoms with Gasteiger partial charge in [0, 0.05) is 27.6 Å². The molecule has 1 unspecified atom stereocenters. The van der Waals surface area contributed by atoms with Gasteiger partial charge in [0.05, 0.1) is 23.7 Å². The zero-order valence-electron chi connectivity index (χ0n) is 19.1. The highest BCUT2D eigenvalue weighted by Crippen LogP contribution is 2.37. The molecule has 1 amide bonds. The van der Waals surface area contributed by atoms with E-state index in [0.717, 1.165) is 41.9 Å². The Morgan fingerprint density at radius 2 is 1.88 bits per heavy atom. The van der Waals surface area contributed by atoms with Crippen LogP contribution in [-0.4, -0.2) is 28.0 Å². The first-order chi connectivity index (χ1) is 15.2. The molecule has 1 aromatic heterocycles. The van der Waals surface area contributed by atoms with E-state index in [1.54, 1.807) is 0 Å². The largest absolute Gasteiger partial charge is 0.449 e. The fourth-order valence-corrected chi connectivity index (χ4v) is 4.38. The van der Waals surface area contributed by atoms with Crippen LogP contribution in [0, 0.1) is 5.92 Å². The number of aryl methyl sites for hydroxylation is 1. The molecule has 0 fully saturated rings. The van der Waals surface area contributed by atoms with Crippen LogP contribution in [0.5, 0.6) is 0 Å². The molecule has 168 valence electrons. The molecule has 1 aliphatic carbocycles. The van der Waals surface area contributed by atoms with Gasteiger partial charge in [-0.3, -0.25) is 0 Å². The van der Waals surface area contributed by atoms with Crippen molar-refractivity contribution in [3.63, 3.8) is 0 Å². The fourth-order valence-electron chi connectivity index (χ4n) is 4.26. The van der Waals surface area contributed by atoms with E-state index in [1.807, 2.05) is 45.0 Å². The summed E-state index contributed by atoms with van der Waals surface area (Å²) in [5.74, 6) is 0.223. The Bertz CT molecular complexity index is 1110. The maximum Gasteiger partial charge on any atom is 0.407 e. The van der Waals surface area contributed by atoms with Crippen molar-refractivity contribution in [3.05, 3.63) is 70.4 Å². The number of alkyl carbamates (subject to hydrolysis) is 1. The van der Waals surface area contributed by atoms with Crippen LogP contribution in [0.4, 0.5) is 4.79 Å². The second-order valence-corrected chi connectivity index (χ2v) is 9.86. The molecule has 1 N–H and O–H groups in total. The molecular formula is C26H30ClN3O2. The van der Waals surface area contributed by atoms with Gasteiger partial charge in [-0.25, -0.2) is 9.48 Å². The highest BCUT2D eigenvalue weighted by molar-refractivity contribution is 6.30. The van der Waals surface area contributed by atoms with Crippen LogP contribution in [0.15, 0.2) is 48.5 Å². The Morgan fingerprint density at radius 1 is 1.16 bits per heavy atom. The number of benzene rings is 2. The summed E-state index contributed by atoms with van der Waals surface area (Å²) in [6.07, 6.45) is 2.17. The van der Waals surface area contributed by atoms with Crippen molar-refractivity contribution >= 4 is 17.7 Å². The van der Waals surface area contributed by atoms with E-state index in [0.29, 0.717) is 11.6 Å². The van der Waals surface area contributed by atoms with Crippen molar-refractivity contribution in [2.75, 3.05) is 6.61 Å². The predicted octanol–water partition coefficient (Wildman–Crippen LogP) is 5.99. The molecule has 5 nitrogen and oxygen atoms in total. The number of rotatable bonds is 5. The summed E-state index contributed by atoms with van der Waals surface area (Å²) in [6, 6.07) is 16.3. The summed E-state index contributed by atoms with van der Waals surface area (Å²) in [4.78, 5) is 12.1. The van der Waals surface area contributed by atoms with Gasteiger partial charge in [0.25, 0.3) is 0 Å². The number of fused-ring (bicyclic) bond motifs is 1. The molecule has 4 rings (SSSR count). The van der Waals surface area contributed by atoms with Crippen LogP contribution in [0.2, 0.25) is 5.02 Å². The second-order valence-electron chi connectivity index (χ2n) is 9.42. The molecule has 1 heterocycles. The topological polar surface area (TPSA) is 56.2 Å².